The summed E-state index contributed by atoms with van der Waals surface area (Å²) >= 11 is 6.02. The molecule has 0 spiro atoms. The number of para-hydroxylation sites is 1. The highest BCUT2D eigenvalue weighted by molar-refractivity contribution is 6.31. The van der Waals surface area contributed by atoms with E-state index in [1.165, 1.54) is 7.11 Å². The first-order valence-corrected chi connectivity index (χ1v) is 11.0. The summed E-state index contributed by atoms with van der Waals surface area (Å²) in [4.78, 5) is 16.5. The predicted molar refractivity (Wildman–Crippen MR) is 122 cm³/mol. The number of hydrogen-bond acceptors (Lipinski definition) is 4. The predicted octanol–water partition coefficient (Wildman–Crippen LogP) is 6.07. The SMILES string of the molecule is COc1ccc(Cl)cc1C(=O)NC1CCC(Nc2cc(C(F)(F)F)nc3ccccc23)CC1. The normalized spacial score (nSPS) is 18.7. The maximum Gasteiger partial charge on any atom is 0.433 e. The van der Waals surface area contributed by atoms with Crippen LogP contribution in [-0.2, 0) is 6.18 Å². The van der Waals surface area contributed by atoms with E-state index in [9.17, 15) is 18.0 Å². The van der Waals surface area contributed by atoms with Crippen molar-refractivity contribution in [1.29, 1.82) is 0 Å². The summed E-state index contributed by atoms with van der Waals surface area (Å²) in [5.41, 5.74) is 0.170. The Morgan fingerprint density at radius 1 is 1.06 bits per heavy atom. The molecule has 1 saturated carbocycles. The van der Waals surface area contributed by atoms with E-state index in [0.29, 0.717) is 58.6 Å². The molecule has 2 aromatic carbocycles. The summed E-state index contributed by atoms with van der Waals surface area (Å²) in [5.74, 6) is 0.179. The molecule has 5 nitrogen and oxygen atoms in total. The third kappa shape index (κ3) is 5.33. The molecule has 4 rings (SSSR count). The van der Waals surface area contributed by atoms with Gasteiger partial charge in [0, 0.05) is 28.2 Å². The van der Waals surface area contributed by atoms with Crippen LogP contribution in [-0.4, -0.2) is 30.1 Å². The lowest BCUT2D eigenvalue weighted by molar-refractivity contribution is -0.140. The summed E-state index contributed by atoms with van der Waals surface area (Å²) in [7, 11) is 1.49. The maximum absolute atomic E-state index is 13.3. The lowest BCUT2D eigenvalue weighted by Crippen LogP contribution is -2.40. The molecule has 0 saturated heterocycles. The Labute approximate surface area is 194 Å². The number of hydrogen-bond donors (Lipinski definition) is 2. The molecule has 3 aromatic rings. The van der Waals surface area contributed by atoms with Gasteiger partial charge in [-0.15, -0.1) is 0 Å². The molecule has 1 aliphatic carbocycles. The van der Waals surface area contributed by atoms with Crippen molar-refractivity contribution in [3.63, 3.8) is 0 Å². The Morgan fingerprint density at radius 3 is 2.45 bits per heavy atom. The number of rotatable bonds is 5. The first kappa shape index (κ1) is 23.2. The minimum atomic E-state index is -4.52. The Balaban J connectivity index is 1.43. The molecule has 33 heavy (non-hydrogen) atoms. The molecule has 0 bridgehead atoms. The summed E-state index contributed by atoms with van der Waals surface area (Å²) in [5, 5.41) is 7.38. The van der Waals surface area contributed by atoms with Gasteiger partial charge in [0.05, 0.1) is 18.2 Å². The molecule has 0 unspecified atom stereocenters. The van der Waals surface area contributed by atoms with Crippen molar-refractivity contribution in [1.82, 2.24) is 10.3 Å². The number of benzene rings is 2. The van der Waals surface area contributed by atoms with Crippen molar-refractivity contribution < 1.29 is 22.7 Å². The van der Waals surface area contributed by atoms with Crippen molar-refractivity contribution >= 4 is 34.1 Å². The van der Waals surface area contributed by atoms with Gasteiger partial charge in [-0.05, 0) is 56.0 Å². The van der Waals surface area contributed by atoms with Crippen LogP contribution in [0.5, 0.6) is 5.75 Å². The third-order valence-electron chi connectivity index (χ3n) is 5.83. The van der Waals surface area contributed by atoms with Crippen LogP contribution in [0.2, 0.25) is 5.02 Å². The van der Waals surface area contributed by atoms with Gasteiger partial charge in [0.1, 0.15) is 11.4 Å². The highest BCUT2D eigenvalue weighted by Crippen LogP contribution is 2.34. The number of carbonyl (C=O) groups excluding carboxylic acids is 1. The minimum Gasteiger partial charge on any atom is -0.496 e. The maximum atomic E-state index is 13.3. The fourth-order valence-electron chi connectivity index (χ4n) is 4.16. The summed E-state index contributed by atoms with van der Waals surface area (Å²) in [6, 6.07) is 12.7. The van der Waals surface area contributed by atoms with Crippen molar-refractivity contribution in [2.24, 2.45) is 0 Å². The Bertz CT molecular complexity index is 1160. The molecule has 1 aromatic heterocycles. The molecule has 9 heteroatoms. The van der Waals surface area contributed by atoms with E-state index < -0.39 is 11.9 Å². The molecule has 1 fully saturated rings. The zero-order chi connectivity index (χ0) is 23.6. The van der Waals surface area contributed by atoms with E-state index in [0.717, 1.165) is 6.07 Å². The molecular formula is C24H23ClF3N3O2. The Kier molecular flexibility index (Phi) is 6.65. The van der Waals surface area contributed by atoms with E-state index in [4.69, 9.17) is 16.3 Å². The second kappa shape index (κ2) is 9.47. The van der Waals surface area contributed by atoms with Gasteiger partial charge in [0.25, 0.3) is 5.91 Å². The quantitative estimate of drug-likeness (QED) is 0.468. The fourth-order valence-corrected chi connectivity index (χ4v) is 4.33. The number of ether oxygens (including phenoxy) is 1. The van der Waals surface area contributed by atoms with Crippen LogP contribution in [0.25, 0.3) is 10.9 Å². The molecule has 2 N–H and O–H groups in total. The summed E-state index contributed by atoms with van der Waals surface area (Å²) in [6.45, 7) is 0. The second-order valence-electron chi connectivity index (χ2n) is 8.08. The first-order chi connectivity index (χ1) is 15.7. The third-order valence-corrected chi connectivity index (χ3v) is 6.07. The van der Waals surface area contributed by atoms with Gasteiger partial charge in [0.2, 0.25) is 0 Å². The number of anilines is 1. The Hall–Kier alpha value is -3.00. The number of fused-ring (bicyclic) bond motifs is 1. The molecular weight excluding hydrogens is 455 g/mol. The van der Waals surface area contributed by atoms with Crippen LogP contribution >= 0.6 is 11.6 Å². The zero-order valence-electron chi connectivity index (χ0n) is 17.9. The largest absolute Gasteiger partial charge is 0.496 e. The Morgan fingerprint density at radius 2 is 1.76 bits per heavy atom. The van der Waals surface area contributed by atoms with Crippen molar-refractivity contribution in [2.75, 3.05) is 12.4 Å². The minimum absolute atomic E-state index is 0.00857. The average Bonchev–Trinajstić information content (AvgIpc) is 2.79. The number of methoxy groups -OCH3 is 1. The first-order valence-electron chi connectivity index (χ1n) is 10.6. The van der Waals surface area contributed by atoms with Crippen LogP contribution in [0.4, 0.5) is 18.9 Å². The van der Waals surface area contributed by atoms with Crippen molar-refractivity contribution in [3.8, 4) is 5.75 Å². The van der Waals surface area contributed by atoms with Gasteiger partial charge in [-0.3, -0.25) is 4.79 Å². The van der Waals surface area contributed by atoms with Gasteiger partial charge in [-0.25, -0.2) is 4.98 Å². The van der Waals surface area contributed by atoms with E-state index in [1.54, 1.807) is 42.5 Å². The van der Waals surface area contributed by atoms with Crippen LogP contribution in [0.3, 0.4) is 0 Å². The second-order valence-corrected chi connectivity index (χ2v) is 8.52. The van der Waals surface area contributed by atoms with Crippen molar-refractivity contribution in [2.45, 2.75) is 43.9 Å². The molecule has 1 heterocycles. The fraction of sp³-hybridized carbons (Fsp3) is 0.333. The van der Waals surface area contributed by atoms with Gasteiger partial charge >= 0.3 is 6.18 Å². The lowest BCUT2D eigenvalue weighted by atomic mass is 9.90. The molecule has 1 amide bonds. The highest BCUT2D eigenvalue weighted by Gasteiger charge is 2.34. The van der Waals surface area contributed by atoms with Crippen LogP contribution in [0, 0.1) is 0 Å². The van der Waals surface area contributed by atoms with E-state index in [1.807, 2.05) is 0 Å². The van der Waals surface area contributed by atoms with Crippen LogP contribution in [0.15, 0.2) is 48.5 Å². The molecule has 0 atom stereocenters. The number of halogens is 4. The molecule has 1 aliphatic rings. The topological polar surface area (TPSA) is 63.2 Å². The number of nitrogens with zero attached hydrogens (tertiary/aromatic N) is 1. The number of alkyl halides is 3. The molecule has 0 aliphatic heterocycles. The van der Waals surface area contributed by atoms with Crippen LogP contribution in [0.1, 0.15) is 41.7 Å². The number of aromatic nitrogens is 1. The number of amides is 1. The molecule has 0 radical (unpaired) electrons. The monoisotopic (exact) mass is 477 g/mol. The summed E-state index contributed by atoms with van der Waals surface area (Å²) < 4.78 is 45.2. The zero-order valence-corrected chi connectivity index (χ0v) is 18.6. The van der Waals surface area contributed by atoms with Gasteiger partial charge < -0.3 is 15.4 Å². The van der Waals surface area contributed by atoms with Gasteiger partial charge in [0.15, 0.2) is 0 Å². The lowest BCUT2D eigenvalue weighted by Gasteiger charge is -2.31. The van der Waals surface area contributed by atoms with Gasteiger partial charge in [-0.2, -0.15) is 13.2 Å². The van der Waals surface area contributed by atoms with Crippen LogP contribution < -0.4 is 15.4 Å². The van der Waals surface area contributed by atoms with Gasteiger partial charge in [-0.1, -0.05) is 29.8 Å². The smallest absolute Gasteiger partial charge is 0.433 e. The van der Waals surface area contributed by atoms with E-state index in [2.05, 4.69) is 15.6 Å². The van der Waals surface area contributed by atoms with E-state index >= 15 is 0 Å². The van der Waals surface area contributed by atoms with Crippen molar-refractivity contribution in [3.05, 3.63) is 64.8 Å². The average molecular weight is 478 g/mol. The number of pyridine rings is 1. The standard InChI is InChI=1S/C24H23ClF3N3O2/c1-33-21-11-6-14(25)12-18(21)23(32)30-16-9-7-15(8-10-16)29-20-13-22(24(26,27)28)31-19-5-3-2-4-17(19)20/h2-6,11-13,15-16H,7-10H2,1H3,(H,29,31)(H,30,32). The summed E-state index contributed by atoms with van der Waals surface area (Å²) in [6.07, 6.45) is -1.72. The molecule has 174 valence electrons. The van der Waals surface area contributed by atoms with E-state index in [-0.39, 0.29) is 18.0 Å². The highest BCUT2D eigenvalue weighted by atomic mass is 35.5. The number of carbonyl (C=O) groups is 1. The number of nitrogens with one attached hydrogen (secondary N) is 2.